The van der Waals surface area contributed by atoms with E-state index in [1.807, 2.05) is 42.5 Å². The minimum absolute atomic E-state index is 0.157. The molecule has 1 amide bonds. The highest BCUT2D eigenvalue weighted by molar-refractivity contribution is 6.06. The molecule has 0 heterocycles. The molecule has 0 atom stereocenters. The molecule has 94 valence electrons. The van der Waals surface area contributed by atoms with Crippen LogP contribution < -0.4 is 10.9 Å². The van der Waals surface area contributed by atoms with E-state index < -0.39 is 0 Å². The van der Waals surface area contributed by atoms with Gasteiger partial charge in [0.1, 0.15) is 0 Å². The van der Waals surface area contributed by atoms with E-state index in [1.54, 1.807) is 0 Å². The molecular formula is C15H18N2O. The van der Waals surface area contributed by atoms with Crippen molar-refractivity contribution in [3.8, 4) is 0 Å². The summed E-state index contributed by atoms with van der Waals surface area (Å²) in [6, 6.07) is 7.74. The number of hydrazine groups is 1. The normalized spacial score (nSPS) is 14.2. The highest BCUT2D eigenvalue weighted by Gasteiger charge is 2.15. The lowest BCUT2D eigenvalue weighted by atomic mass is 10.1. The van der Waals surface area contributed by atoms with Crippen LogP contribution in [0.4, 0.5) is 5.69 Å². The molecular weight excluding hydrogens is 224 g/mol. The average Bonchev–Trinajstić information content (AvgIpc) is 2.47. The predicted molar refractivity (Wildman–Crippen MR) is 74.0 cm³/mol. The molecule has 3 nitrogen and oxygen atoms in total. The third-order valence-electron chi connectivity index (χ3n) is 3.08. The van der Waals surface area contributed by atoms with Crippen molar-refractivity contribution >= 4 is 11.6 Å². The van der Waals surface area contributed by atoms with Crippen molar-refractivity contribution in [2.75, 3.05) is 5.01 Å². The summed E-state index contributed by atoms with van der Waals surface area (Å²) in [7, 11) is 0. The Morgan fingerprint density at radius 2 is 2.00 bits per heavy atom. The number of hydrogen-bond acceptors (Lipinski definition) is 2. The zero-order chi connectivity index (χ0) is 13.0. The molecule has 0 fully saturated rings. The highest BCUT2D eigenvalue weighted by atomic mass is 16.2. The minimum Gasteiger partial charge on any atom is -0.267 e. The summed E-state index contributed by atoms with van der Waals surface area (Å²) in [6.07, 6.45) is 8.65. The van der Waals surface area contributed by atoms with Gasteiger partial charge in [0.15, 0.2) is 0 Å². The molecule has 0 radical (unpaired) electrons. The maximum Gasteiger partial charge on any atom is 0.272 e. The number of allylic oxidation sites excluding steroid dienone is 2. The highest BCUT2D eigenvalue weighted by Crippen LogP contribution is 2.17. The van der Waals surface area contributed by atoms with Gasteiger partial charge < -0.3 is 0 Å². The van der Waals surface area contributed by atoms with Crippen LogP contribution in [0.3, 0.4) is 0 Å². The number of carbonyl (C=O) groups excluding carboxylic acids is 1. The van der Waals surface area contributed by atoms with Gasteiger partial charge in [-0.25, -0.2) is 10.9 Å². The fourth-order valence-electron chi connectivity index (χ4n) is 1.92. The lowest BCUT2D eigenvalue weighted by molar-refractivity contribution is -0.114. The first-order chi connectivity index (χ1) is 8.72. The van der Waals surface area contributed by atoms with Crippen molar-refractivity contribution in [3.05, 3.63) is 53.6 Å². The Balaban J connectivity index is 2.14. The van der Waals surface area contributed by atoms with E-state index in [4.69, 9.17) is 5.84 Å². The Bertz CT molecular complexity index is 486. The van der Waals surface area contributed by atoms with Crippen molar-refractivity contribution in [3.63, 3.8) is 0 Å². The van der Waals surface area contributed by atoms with Crippen LogP contribution in [-0.4, -0.2) is 5.91 Å². The number of benzene rings is 1. The van der Waals surface area contributed by atoms with Gasteiger partial charge in [-0.1, -0.05) is 37.3 Å². The number of nitrogens with zero attached hydrogens (tertiary/aromatic N) is 1. The van der Waals surface area contributed by atoms with Gasteiger partial charge in [0.05, 0.1) is 5.69 Å². The van der Waals surface area contributed by atoms with Crippen LogP contribution in [0.2, 0.25) is 0 Å². The first kappa shape index (κ1) is 12.6. The van der Waals surface area contributed by atoms with Crippen molar-refractivity contribution in [1.29, 1.82) is 0 Å². The molecule has 0 bridgehead atoms. The Kier molecular flexibility index (Phi) is 3.95. The summed E-state index contributed by atoms with van der Waals surface area (Å²) in [5.41, 5.74) is 2.62. The Morgan fingerprint density at radius 3 is 2.56 bits per heavy atom. The van der Waals surface area contributed by atoms with Crippen LogP contribution in [0.5, 0.6) is 0 Å². The molecule has 0 saturated heterocycles. The second-order valence-electron chi connectivity index (χ2n) is 4.33. The number of anilines is 1. The standard InChI is InChI=1S/C15H18N2O/c1-2-12-8-10-14(11-9-12)17(16)15(18)13-6-4-3-5-7-13/h4,6-11H,2-3,5,16H2,1H3. The SMILES string of the molecule is CCc1ccc(N(N)C(=O)C2=CCCC=C2)cc1. The topological polar surface area (TPSA) is 46.3 Å². The van der Waals surface area contributed by atoms with Gasteiger partial charge >= 0.3 is 0 Å². The molecule has 1 aliphatic rings. The summed E-state index contributed by atoms with van der Waals surface area (Å²) in [5, 5.41) is 1.21. The van der Waals surface area contributed by atoms with Crippen molar-refractivity contribution in [1.82, 2.24) is 0 Å². The maximum absolute atomic E-state index is 12.1. The van der Waals surface area contributed by atoms with Gasteiger partial charge in [-0.2, -0.15) is 0 Å². The molecule has 1 aliphatic carbocycles. The average molecular weight is 242 g/mol. The van der Waals surface area contributed by atoms with Gasteiger partial charge in [-0.3, -0.25) is 4.79 Å². The van der Waals surface area contributed by atoms with Crippen molar-refractivity contribution < 1.29 is 4.79 Å². The fourth-order valence-corrected chi connectivity index (χ4v) is 1.92. The van der Waals surface area contributed by atoms with E-state index in [-0.39, 0.29) is 5.91 Å². The van der Waals surface area contributed by atoms with E-state index in [0.29, 0.717) is 5.57 Å². The second kappa shape index (κ2) is 5.65. The van der Waals surface area contributed by atoms with E-state index in [2.05, 4.69) is 6.92 Å². The van der Waals surface area contributed by atoms with Gasteiger partial charge in [0, 0.05) is 5.57 Å². The Labute approximate surface area is 108 Å². The molecule has 3 heteroatoms. The van der Waals surface area contributed by atoms with Crippen molar-refractivity contribution in [2.45, 2.75) is 26.2 Å². The Morgan fingerprint density at radius 1 is 1.28 bits per heavy atom. The molecule has 0 aromatic heterocycles. The Hall–Kier alpha value is -1.87. The number of nitrogens with two attached hydrogens (primary N) is 1. The van der Waals surface area contributed by atoms with Crippen LogP contribution in [0, 0.1) is 0 Å². The van der Waals surface area contributed by atoms with Crippen molar-refractivity contribution in [2.24, 2.45) is 5.84 Å². The summed E-state index contributed by atoms with van der Waals surface area (Å²) >= 11 is 0. The number of hydrogen-bond donors (Lipinski definition) is 1. The predicted octanol–water partition coefficient (Wildman–Crippen LogP) is 2.73. The van der Waals surface area contributed by atoms with Crippen LogP contribution in [0.15, 0.2) is 48.1 Å². The van der Waals surface area contributed by atoms with E-state index in [0.717, 1.165) is 24.9 Å². The molecule has 0 spiro atoms. The van der Waals surface area contributed by atoms with E-state index >= 15 is 0 Å². The maximum atomic E-state index is 12.1. The molecule has 0 unspecified atom stereocenters. The number of carbonyl (C=O) groups is 1. The van der Waals surface area contributed by atoms with E-state index in [9.17, 15) is 4.79 Å². The van der Waals surface area contributed by atoms with Gasteiger partial charge in [-0.05, 0) is 37.0 Å². The third-order valence-corrected chi connectivity index (χ3v) is 3.08. The van der Waals surface area contributed by atoms with Crippen LogP contribution in [0.1, 0.15) is 25.3 Å². The molecule has 2 N–H and O–H groups in total. The fraction of sp³-hybridized carbons (Fsp3) is 0.267. The lowest BCUT2D eigenvalue weighted by Crippen LogP contribution is -2.38. The lowest BCUT2D eigenvalue weighted by Gasteiger charge is -2.18. The molecule has 0 saturated carbocycles. The first-order valence-electron chi connectivity index (χ1n) is 6.27. The summed E-state index contributed by atoms with van der Waals surface area (Å²) < 4.78 is 0. The number of rotatable bonds is 3. The number of amides is 1. The number of aryl methyl sites for hydroxylation is 1. The van der Waals surface area contributed by atoms with Crippen LogP contribution in [-0.2, 0) is 11.2 Å². The van der Waals surface area contributed by atoms with Crippen LogP contribution in [0.25, 0.3) is 0 Å². The summed E-state index contributed by atoms with van der Waals surface area (Å²) in [5.74, 6) is 5.71. The smallest absolute Gasteiger partial charge is 0.267 e. The molecule has 0 aliphatic heterocycles. The largest absolute Gasteiger partial charge is 0.272 e. The van der Waals surface area contributed by atoms with Gasteiger partial charge in [-0.15, -0.1) is 0 Å². The minimum atomic E-state index is -0.157. The molecule has 1 aromatic carbocycles. The first-order valence-corrected chi connectivity index (χ1v) is 6.27. The monoisotopic (exact) mass is 242 g/mol. The van der Waals surface area contributed by atoms with E-state index in [1.165, 1.54) is 10.6 Å². The van der Waals surface area contributed by atoms with Gasteiger partial charge in [0.25, 0.3) is 5.91 Å². The summed E-state index contributed by atoms with van der Waals surface area (Å²) in [4.78, 5) is 12.1. The third kappa shape index (κ3) is 2.68. The second-order valence-corrected chi connectivity index (χ2v) is 4.33. The van der Waals surface area contributed by atoms with Gasteiger partial charge in [0.2, 0.25) is 0 Å². The molecule has 18 heavy (non-hydrogen) atoms. The zero-order valence-corrected chi connectivity index (χ0v) is 10.6. The molecule has 2 rings (SSSR count). The van der Waals surface area contributed by atoms with Crippen LogP contribution >= 0.6 is 0 Å². The quantitative estimate of drug-likeness (QED) is 0.503. The molecule has 1 aromatic rings. The summed E-state index contributed by atoms with van der Waals surface area (Å²) in [6.45, 7) is 2.10. The zero-order valence-electron chi connectivity index (χ0n) is 10.6.